The van der Waals surface area contributed by atoms with Crippen LogP contribution in [0.1, 0.15) is 43.0 Å². The Morgan fingerprint density at radius 2 is 1.44 bits per heavy atom. The molecule has 2 amide bonds. The van der Waals surface area contributed by atoms with Gasteiger partial charge in [-0.3, -0.25) is 13.9 Å². The van der Waals surface area contributed by atoms with Gasteiger partial charge in [0.15, 0.2) is 0 Å². The molecule has 1 N–H and O–H groups in total. The third kappa shape index (κ3) is 9.19. The van der Waals surface area contributed by atoms with Gasteiger partial charge < -0.3 is 10.2 Å². The van der Waals surface area contributed by atoms with Crippen LogP contribution in [0.3, 0.4) is 0 Å². The van der Waals surface area contributed by atoms with Crippen LogP contribution in [0.4, 0.5) is 5.69 Å². The van der Waals surface area contributed by atoms with Gasteiger partial charge in [0.25, 0.3) is 10.0 Å². The van der Waals surface area contributed by atoms with E-state index in [2.05, 4.69) is 5.32 Å². The van der Waals surface area contributed by atoms with Crippen LogP contribution >= 0.6 is 11.6 Å². The number of amides is 2. The highest BCUT2D eigenvalue weighted by molar-refractivity contribution is 7.92. The van der Waals surface area contributed by atoms with Gasteiger partial charge in [-0.25, -0.2) is 8.42 Å². The van der Waals surface area contributed by atoms with Crippen LogP contribution in [-0.2, 0) is 32.6 Å². The van der Waals surface area contributed by atoms with Crippen molar-refractivity contribution in [2.75, 3.05) is 10.8 Å². The van der Waals surface area contributed by atoms with E-state index in [4.69, 9.17) is 11.6 Å². The Morgan fingerprint density at radius 3 is 2.07 bits per heavy atom. The lowest BCUT2D eigenvalue weighted by Crippen LogP contribution is -2.56. The summed E-state index contributed by atoms with van der Waals surface area (Å²) < 4.78 is 29.3. The number of halogens is 1. The highest BCUT2D eigenvalue weighted by Gasteiger charge is 2.35. The summed E-state index contributed by atoms with van der Waals surface area (Å²) in [6.07, 6.45) is 0.238. The Balaban J connectivity index is 1.82. The minimum Gasteiger partial charge on any atom is -0.350 e. The molecular weight excluding hydrogens is 606 g/mol. The van der Waals surface area contributed by atoms with Crippen molar-refractivity contribution in [3.63, 3.8) is 0 Å². The number of nitrogens with one attached hydrogen (secondary N) is 1. The van der Waals surface area contributed by atoms with Crippen molar-refractivity contribution in [3.05, 3.63) is 130 Å². The number of hydrogen-bond donors (Lipinski definition) is 1. The fourth-order valence-electron chi connectivity index (χ4n) is 5.01. The van der Waals surface area contributed by atoms with Crippen molar-refractivity contribution in [2.45, 2.75) is 64.1 Å². The maximum Gasteiger partial charge on any atom is 0.264 e. The molecule has 0 aliphatic carbocycles. The second-order valence-electron chi connectivity index (χ2n) is 12.3. The third-order valence-corrected chi connectivity index (χ3v) is 9.21. The molecule has 0 bridgehead atoms. The van der Waals surface area contributed by atoms with Crippen molar-refractivity contribution in [3.8, 4) is 0 Å². The zero-order valence-corrected chi connectivity index (χ0v) is 27.9. The molecule has 0 heterocycles. The molecule has 0 aromatic heterocycles. The van der Waals surface area contributed by atoms with Crippen molar-refractivity contribution in [2.24, 2.45) is 0 Å². The summed E-state index contributed by atoms with van der Waals surface area (Å²) in [7, 11) is -4.20. The molecule has 0 aliphatic rings. The van der Waals surface area contributed by atoms with Crippen molar-refractivity contribution < 1.29 is 18.0 Å². The van der Waals surface area contributed by atoms with Crippen LogP contribution in [0.2, 0.25) is 5.02 Å². The number of nitrogens with zero attached hydrogens (tertiary/aromatic N) is 2. The fraction of sp³-hybridized carbons (Fsp3) is 0.278. The second-order valence-corrected chi connectivity index (χ2v) is 14.6. The number of anilines is 1. The summed E-state index contributed by atoms with van der Waals surface area (Å²) in [6, 6.07) is 29.1. The number of hydrogen-bond acceptors (Lipinski definition) is 4. The molecule has 236 valence electrons. The van der Waals surface area contributed by atoms with Gasteiger partial charge in [0.2, 0.25) is 11.8 Å². The van der Waals surface area contributed by atoms with Crippen molar-refractivity contribution in [1.82, 2.24) is 10.2 Å². The lowest BCUT2D eigenvalue weighted by Gasteiger charge is -2.35. The summed E-state index contributed by atoms with van der Waals surface area (Å²) in [5.74, 6) is -0.861. The standard InChI is InChI=1S/C36H40ClN3O4S/c1-26-17-19-32(20-18-26)45(43,44)40(31-16-10-15-30(37)23-31)25-34(41)39(24-29-14-9-11-27(2)21-29)33(35(42)38-36(3,4)5)22-28-12-7-6-8-13-28/h6-21,23,33H,22,24-25H2,1-5H3,(H,38,42)/t33-/m1/s1. The molecule has 0 fully saturated rings. The lowest BCUT2D eigenvalue weighted by molar-refractivity contribution is -0.140. The molecule has 0 saturated heterocycles. The van der Waals surface area contributed by atoms with Gasteiger partial charge in [0, 0.05) is 23.5 Å². The largest absolute Gasteiger partial charge is 0.350 e. The molecule has 4 aromatic rings. The van der Waals surface area contributed by atoms with E-state index in [1.807, 2.05) is 89.2 Å². The van der Waals surface area contributed by atoms with Gasteiger partial charge in [0.1, 0.15) is 12.6 Å². The molecule has 45 heavy (non-hydrogen) atoms. The van der Waals surface area contributed by atoms with Crippen LogP contribution in [0.25, 0.3) is 0 Å². The van der Waals surface area contributed by atoms with E-state index in [-0.39, 0.29) is 29.5 Å². The average Bonchev–Trinajstić information content (AvgIpc) is 2.97. The van der Waals surface area contributed by atoms with Crippen LogP contribution in [-0.4, -0.2) is 43.3 Å². The molecule has 0 radical (unpaired) electrons. The van der Waals surface area contributed by atoms with E-state index < -0.39 is 34.1 Å². The van der Waals surface area contributed by atoms with Crippen LogP contribution in [0, 0.1) is 13.8 Å². The van der Waals surface area contributed by atoms with E-state index >= 15 is 0 Å². The zero-order valence-electron chi connectivity index (χ0n) is 26.3. The summed E-state index contributed by atoms with van der Waals surface area (Å²) in [4.78, 5) is 30.0. The Labute approximate surface area is 271 Å². The Kier molecular flexibility index (Phi) is 10.7. The van der Waals surface area contributed by atoms with E-state index in [0.717, 1.165) is 26.6 Å². The first-order valence-corrected chi connectivity index (χ1v) is 16.6. The molecule has 4 aromatic carbocycles. The quantitative estimate of drug-likeness (QED) is 0.197. The van der Waals surface area contributed by atoms with Gasteiger partial charge in [0.05, 0.1) is 10.6 Å². The van der Waals surface area contributed by atoms with Crippen molar-refractivity contribution in [1.29, 1.82) is 0 Å². The first kappa shape index (κ1) is 33.7. The molecule has 0 aliphatic heterocycles. The van der Waals surface area contributed by atoms with Crippen LogP contribution in [0.15, 0.2) is 108 Å². The SMILES string of the molecule is Cc1ccc(S(=O)(=O)N(CC(=O)N(Cc2cccc(C)c2)[C@H](Cc2ccccc2)C(=O)NC(C)(C)C)c2cccc(Cl)c2)cc1. The third-order valence-electron chi connectivity index (χ3n) is 7.19. The van der Waals surface area contributed by atoms with Crippen LogP contribution < -0.4 is 9.62 Å². The Hall–Kier alpha value is -4.14. The van der Waals surface area contributed by atoms with Crippen LogP contribution in [0.5, 0.6) is 0 Å². The Morgan fingerprint density at radius 1 is 0.800 bits per heavy atom. The first-order chi connectivity index (χ1) is 21.2. The van der Waals surface area contributed by atoms with Gasteiger partial charge in [-0.2, -0.15) is 0 Å². The first-order valence-electron chi connectivity index (χ1n) is 14.8. The molecule has 1 atom stereocenters. The summed E-state index contributed by atoms with van der Waals surface area (Å²) in [6.45, 7) is 9.02. The van der Waals surface area contributed by atoms with Gasteiger partial charge >= 0.3 is 0 Å². The normalized spacial score (nSPS) is 12.3. The van der Waals surface area contributed by atoms with Gasteiger partial charge in [-0.05, 0) is 76.1 Å². The van der Waals surface area contributed by atoms with E-state index in [1.165, 1.54) is 23.1 Å². The number of carbonyl (C=O) groups excluding carboxylic acids is 2. The number of carbonyl (C=O) groups is 2. The smallest absolute Gasteiger partial charge is 0.264 e. The van der Waals surface area contributed by atoms with Gasteiger partial charge in [-0.15, -0.1) is 0 Å². The topological polar surface area (TPSA) is 86.8 Å². The Bertz CT molecular complexity index is 1740. The number of aryl methyl sites for hydroxylation is 2. The molecule has 0 unspecified atom stereocenters. The molecule has 4 rings (SSSR count). The number of rotatable bonds is 11. The minimum atomic E-state index is -4.20. The number of benzene rings is 4. The maximum atomic E-state index is 14.5. The van der Waals surface area contributed by atoms with E-state index in [9.17, 15) is 18.0 Å². The predicted octanol–water partition coefficient (Wildman–Crippen LogP) is 6.71. The fourth-order valence-corrected chi connectivity index (χ4v) is 6.60. The molecular formula is C36H40ClN3O4S. The van der Waals surface area contributed by atoms with Gasteiger partial charge in [-0.1, -0.05) is 95.5 Å². The minimum absolute atomic E-state index is 0.0393. The monoisotopic (exact) mass is 645 g/mol. The predicted molar refractivity (Wildman–Crippen MR) is 181 cm³/mol. The molecule has 0 saturated carbocycles. The summed E-state index contributed by atoms with van der Waals surface area (Å²) in [5, 5.41) is 3.37. The molecule has 7 nitrogen and oxygen atoms in total. The summed E-state index contributed by atoms with van der Waals surface area (Å²) >= 11 is 6.30. The zero-order chi connectivity index (χ0) is 32.8. The second kappa shape index (κ2) is 14.3. The van der Waals surface area contributed by atoms with E-state index in [1.54, 1.807) is 30.3 Å². The summed E-state index contributed by atoms with van der Waals surface area (Å²) in [5.41, 5.74) is 3.27. The average molecular weight is 646 g/mol. The van der Waals surface area contributed by atoms with E-state index in [0.29, 0.717) is 5.02 Å². The number of sulfonamides is 1. The molecule has 0 spiro atoms. The highest BCUT2D eigenvalue weighted by Crippen LogP contribution is 2.27. The maximum absolute atomic E-state index is 14.5. The molecule has 9 heteroatoms. The van der Waals surface area contributed by atoms with Crippen molar-refractivity contribution >= 4 is 39.1 Å². The lowest BCUT2D eigenvalue weighted by atomic mass is 10.0. The highest BCUT2D eigenvalue weighted by atomic mass is 35.5.